The molecule has 0 fully saturated rings. The maximum Gasteiger partial charge on any atom is 0.145 e. The Bertz CT molecular complexity index is 2850. The summed E-state index contributed by atoms with van der Waals surface area (Å²) in [6.45, 7) is 0. The molecule has 4 nitrogen and oxygen atoms in total. The van der Waals surface area contributed by atoms with Crippen molar-refractivity contribution in [3.8, 4) is 45.3 Å². The van der Waals surface area contributed by atoms with E-state index in [0.29, 0.717) is 0 Å². The highest BCUT2D eigenvalue weighted by Gasteiger charge is 2.46. The van der Waals surface area contributed by atoms with Gasteiger partial charge in [0.1, 0.15) is 11.6 Å². The van der Waals surface area contributed by atoms with Crippen LogP contribution in [0.3, 0.4) is 0 Å². The molecule has 11 rings (SSSR count). The molecule has 55 heavy (non-hydrogen) atoms. The topological polar surface area (TPSA) is 35.6 Å². The summed E-state index contributed by atoms with van der Waals surface area (Å²) in [7, 11) is 0. The zero-order chi connectivity index (χ0) is 36.3. The van der Waals surface area contributed by atoms with Gasteiger partial charge in [-0.25, -0.2) is 9.97 Å². The van der Waals surface area contributed by atoms with Crippen molar-refractivity contribution in [1.82, 2.24) is 19.1 Å². The highest BCUT2D eigenvalue weighted by atomic mass is 15.1. The number of benzene rings is 8. The predicted molar refractivity (Wildman–Crippen MR) is 224 cm³/mol. The molecule has 0 aliphatic heterocycles. The molecule has 0 saturated heterocycles. The van der Waals surface area contributed by atoms with Crippen molar-refractivity contribution in [3.05, 3.63) is 229 Å². The molecule has 0 unspecified atom stereocenters. The zero-order valence-electron chi connectivity index (χ0n) is 29.9. The summed E-state index contributed by atoms with van der Waals surface area (Å²) in [6, 6.07) is 73.8. The van der Waals surface area contributed by atoms with Gasteiger partial charge in [0.25, 0.3) is 0 Å². The summed E-state index contributed by atoms with van der Waals surface area (Å²) in [5.41, 5.74) is 14.9. The molecule has 10 aromatic rings. The highest BCUT2D eigenvalue weighted by Crippen LogP contribution is 2.57. The lowest BCUT2D eigenvalue weighted by atomic mass is 9.67. The third-order valence-electron chi connectivity index (χ3n) is 11.2. The molecule has 0 N–H and O–H groups in total. The fraction of sp³-hybridized carbons (Fsp3) is 0.0196. The van der Waals surface area contributed by atoms with Crippen LogP contribution in [0.1, 0.15) is 22.3 Å². The summed E-state index contributed by atoms with van der Waals surface area (Å²) in [5.74, 6) is 1.75. The number of rotatable bonds is 6. The molecule has 0 bridgehead atoms. The van der Waals surface area contributed by atoms with Gasteiger partial charge in [0, 0.05) is 22.5 Å². The number of fused-ring (bicyclic) bond motifs is 5. The molecule has 4 heteroatoms. The first-order chi connectivity index (χ1) is 27.3. The van der Waals surface area contributed by atoms with Crippen molar-refractivity contribution in [3.63, 3.8) is 0 Å². The van der Waals surface area contributed by atoms with E-state index >= 15 is 0 Å². The third-order valence-corrected chi connectivity index (χ3v) is 11.2. The van der Waals surface area contributed by atoms with Gasteiger partial charge in [0.15, 0.2) is 0 Å². The van der Waals surface area contributed by atoms with Crippen LogP contribution in [0, 0.1) is 0 Å². The zero-order valence-corrected chi connectivity index (χ0v) is 29.9. The van der Waals surface area contributed by atoms with Gasteiger partial charge in [-0.15, -0.1) is 0 Å². The highest BCUT2D eigenvalue weighted by molar-refractivity contribution is 5.90. The monoisotopic (exact) mass is 702 g/mol. The Morgan fingerprint density at radius 1 is 0.345 bits per heavy atom. The lowest BCUT2D eigenvalue weighted by Crippen LogP contribution is -2.28. The molecule has 1 aliphatic rings. The van der Waals surface area contributed by atoms with Crippen LogP contribution in [-0.2, 0) is 5.41 Å². The van der Waals surface area contributed by atoms with E-state index in [0.717, 1.165) is 61.8 Å². The van der Waals surface area contributed by atoms with E-state index in [9.17, 15) is 0 Å². The number of hydrogen-bond donors (Lipinski definition) is 0. The Labute approximate surface area is 319 Å². The first kappa shape index (κ1) is 31.2. The van der Waals surface area contributed by atoms with Crippen LogP contribution in [-0.4, -0.2) is 19.1 Å². The number of imidazole rings is 2. The standard InChI is InChI=1S/C51H34N4/c1-4-18-37(19-5-1)51(43-26-12-10-24-41(43)42-25-11-13-27-44(42)51)38-33-35(49-52-45-28-14-16-30-47(45)54(49)39-20-6-2-7-21-39)32-36(34-38)50-53-46-29-15-17-31-48(46)55(50)40-22-8-3-9-23-40/h1-34H. The molecule has 0 spiro atoms. The van der Waals surface area contributed by atoms with E-state index in [4.69, 9.17) is 9.97 Å². The number of para-hydroxylation sites is 6. The van der Waals surface area contributed by atoms with E-state index in [1.165, 1.54) is 27.8 Å². The van der Waals surface area contributed by atoms with Crippen LogP contribution in [0.5, 0.6) is 0 Å². The van der Waals surface area contributed by atoms with E-state index in [2.05, 4.69) is 215 Å². The third kappa shape index (κ3) is 4.71. The second kappa shape index (κ2) is 12.4. The average Bonchev–Trinajstić information content (AvgIpc) is 3.94. The molecule has 2 aromatic heterocycles. The van der Waals surface area contributed by atoms with Crippen molar-refractivity contribution in [2.75, 3.05) is 0 Å². The molecule has 0 amide bonds. The van der Waals surface area contributed by atoms with Crippen molar-refractivity contribution < 1.29 is 0 Å². The lowest BCUT2D eigenvalue weighted by molar-refractivity contribution is 0.768. The maximum atomic E-state index is 5.41. The number of aromatic nitrogens is 4. The van der Waals surface area contributed by atoms with Crippen LogP contribution in [0.4, 0.5) is 0 Å². The minimum Gasteiger partial charge on any atom is -0.292 e. The van der Waals surface area contributed by atoms with Crippen LogP contribution < -0.4 is 0 Å². The largest absolute Gasteiger partial charge is 0.292 e. The summed E-state index contributed by atoms with van der Waals surface area (Å²) >= 11 is 0. The second-order valence-electron chi connectivity index (χ2n) is 14.2. The van der Waals surface area contributed by atoms with Gasteiger partial charge in [-0.05, 0) is 100 Å². The first-order valence-corrected chi connectivity index (χ1v) is 18.8. The summed E-state index contributed by atoms with van der Waals surface area (Å²) in [6.07, 6.45) is 0. The predicted octanol–water partition coefficient (Wildman–Crippen LogP) is 12.1. The number of hydrogen-bond acceptors (Lipinski definition) is 2. The van der Waals surface area contributed by atoms with Crippen LogP contribution in [0.15, 0.2) is 206 Å². The van der Waals surface area contributed by atoms with Crippen molar-refractivity contribution in [1.29, 1.82) is 0 Å². The molecular formula is C51H34N4. The second-order valence-corrected chi connectivity index (χ2v) is 14.2. The van der Waals surface area contributed by atoms with E-state index in [-0.39, 0.29) is 0 Å². The summed E-state index contributed by atoms with van der Waals surface area (Å²) < 4.78 is 4.59. The smallest absolute Gasteiger partial charge is 0.145 e. The van der Waals surface area contributed by atoms with Gasteiger partial charge in [0.05, 0.1) is 27.5 Å². The number of nitrogens with zero attached hydrogens (tertiary/aromatic N) is 4. The normalized spacial score (nSPS) is 12.9. The molecular weight excluding hydrogens is 669 g/mol. The molecule has 8 aromatic carbocycles. The van der Waals surface area contributed by atoms with E-state index in [1.54, 1.807) is 0 Å². The minimum absolute atomic E-state index is 0.619. The van der Waals surface area contributed by atoms with Gasteiger partial charge in [0.2, 0.25) is 0 Å². The quantitative estimate of drug-likeness (QED) is 0.173. The molecule has 1 aliphatic carbocycles. The van der Waals surface area contributed by atoms with Crippen LogP contribution in [0.25, 0.3) is 67.3 Å². The Morgan fingerprint density at radius 3 is 1.24 bits per heavy atom. The van der Waals surface area contributed by atoms with E-state index in [1.807, 2.05) is 0 Å². The van der Waals surface area contributed by atoms with Crippen LogP contribution in [0.2, 0.25) is 0 Å². The maximum absolute atomic E-state index is 5.41. The Kier molecular flexibility index (Phi) is 7.04. The SMILES string of the molecule is c1ccc(-n2c(-c3cc(-c4nc5ccccc5n4-c4ccccc4)cc(C4(c5ccccc5)c5ccccc5-c5ccccc54)c3)nc3ccccc32)cc1. The molecule has 0 atom stereocenters. The molecule has 2 heterocycles. The first-order valence-electron chi connectivity index (χ1n) is 18.8. The Morgan fingerprint density at radius 2 is 0.745 bits per heavy atom. The van der Waals surface area contributed by atoms with Gasteiger partial charge < -0.3 is 0 Å². The minimum atomic E-state index is -0.619. The van der Waals surface area contributed by atoms with Crippen molar-refractivity contribution in [2.45, 2.75) is 5.41 Å². The van der Waals surface area contributed by atoms with Crippen molar-refractivity contribution in [2.24, 2.45) is 0 Å². The summed E-state index contributed by atoms with van der Waals surface area (Å²) in [4.78, 5) is 10.8. The summed E-state index contributed by atoms with van der Waals surface area (Å²) in [5, 5.41) is 0. The van der Waals surface area contributed by atoms with E-state index < -0.39 is 5.41 Å². The fourth-order valence-corrected chi connectivity index (χ4v) is 8.93. The average molecular weight is 703 g/mol. The molecule has 0 radical (unpaired) electrons. The lowest BCUT2D eigenvalue weighted by Gasteiger charge is -2.34. The molecule has 0 saturated carbocycles. The fourth-order valence-electron chi connectivity index (χ4n) is 8.93. The van der Waals surface area contributed by atoms with Crippen molar-refractivity contribution >= 4 is 22.1 Å². The Hall–Kier alpha value is -7.30. The van der Waals surface area contributed by atoms with Crippen LogP contribution >= 0.6 is 0 Å². The van der Waals surface area contributed by atoms with Gasteiger partial charge in [-0.2, -0.15) is 0 Å². The van der Waals surface area contributed by atoms with Gasteiger partial charge in [-0.1, -0.05) is 140 Å². The Balaban J connectivity index is 1.30. The van der Waals surface area contributed by atoms with Gasteiger partial charge in [-0.3, -0.25) is 9.13 Å². The molecule has 258 valence electrons. The van der Waals surface area contributed by atoms with Gasteiger partial charge >= 0.3 is 0 Å².